The number of carbonyl (C=O) groups is 1. The minimum absolute atomic E-state index is 0.00980. The van der Waals surface area contributed by atoms with Gasteiger partial charge in [-0.15, -0.1) is 0 Å². The maximum Gasteiger partial charge on any atom is 0.257 e. The van der Waals surface area contributed by atoms with Crippen LogP contribution in [0.2, 0.25) is 5.02 Å². The van der Waals surface area contributed by atoms with Crippen molar-refractivity contribution in [2.45, 2.75) is 19.5 Å². The normalized spacial score (nSPS) is 12.2. The Labute approximate surface area is 129 Å². The van der Waals surface area contributed by atoms with Crippen molar-refractivity contribution in [2.24, 2.45) is 5.73 Å². The summed E-state index contributed by atoms with van der Waals surface area (Å²) in [5.41, 5.74) is 7.09. The van der Waals surface area contributed by atoms with E-state index in [-0.39, 0.29) is 11.9 Å². The van der Waals surface area contributed by atoms with Crippen molar-refractivity contribution in [3.8, 4) is 0 Å². The van der Waals surface area contributed by atoms with Gasteiger partial charge in [-0.3, -0.25) is 9.48 Å². The van der Waals surface area contributed by atoms with Gasteiger partial charge in [0.05, 0.1) is 18.3 Å². The number of hydrogen-bond acceptors (Lipinski definition) is 3. The minimum atomic E-state index is -0.0849. The Hall–Kier alpha value is -1.85. The second-order valence-corrected chi connectivity index (χ2v) is 5.43. The number of rotatable bonds is 5. The Bertz CT molecular complexity index is 626. The van der Waals surface area contributed by atoms with E-state index in [4.69, 9.17) is 17.3 Å². The molecule has 0 radical (unpaired) electrons. The maximum atomic E-state index is 12.3. The van der Waals surface area contributed by atoms with Crippen LogP contribution >= 0.6 is 11.6 Å². The molecule has 0 saturated heterocycles. The first-order chi connectivity index (χ1) is 10.0. The predicted molar refractivity (Wildman–Crippen MR) is 83.4 cm³/mol. The number of likely N-dealkylation sites (N-methyl/N-ethyl adjacent to an activating group) is 1. The molecule has 2 aromatic rings. The number of aromatic nitrogens is 2. The molecule has 21 heavy (non-hydrogen) atoms. The molecule has 6 heteroatoms. The van der Waals surface area contributed by atoms with Crippen molar-refractivity contribution in [3.63, 3.8) is 0 Å². The number of hydrogen-bond donors (Lipinski definition) is 1. The van der Waals surface area contributed by atoms with E-state index in [0.717, 1.165) is 5.56 Å². The first-order valence-corrected chi connectivity index (χ1v) is 7.13. The zero-order chi connectivity index (χ0) is 15.4. The van der Waals surface area contributed by atoms with E-state index in [1.807, 2.05) is 31.2 Å². The number of carbonyl (C=O) groups excluding carboxylic acids is 1. The van der Waals surface area contributed by atoms with Crippen molar-refractivity contribution in [3.05, 3.63) is 52.8 Å². The molecule has 1 aromatic heterocycles. The summed E-state index contributed by atoms with van der Waals surface area (Å²) in [6.45, 7) is 2.87. The van der Waals surface area contributed by atoms with Crippen LogP contribution in [0.15, 0.2) is 36.7 Å². The zero-order valence-electron chi connectivity index (χ0n) is 12.2. The summed E-state index contributed by atoms with van der Waals surface area (Å²) >= 11 is 6.12. The fourth-order valence-corrected chi connectivity index (χ4v) is 2.12. The second kappa shape index (κ2) is 6.74. The smallest absolute Gasteiger partial charge is 0.257 e. The Balaban J connectivity index is 2.11. The number of nitrogens with two attached hydrogens (primary N) is 1. The molecule has 2 rings (SSSR count). The van der Waals surface area contributed by atoms with Crippen LogP contribution < -0.4 is 5.73 Å². The van der Waals surface area contributed by atoms with Crippen LogP contribution in [0, 0.1) is 0 Å². The molecule has 0 aliphatic rings. The molecule has 1 heterocycles. The van der Waals surface area contributed by atoms with Gasteiger partial charge >= 0.3 is 0 Å². The molecule has 2 N–H and O–H groups in total. The highest BCUT2D eigenvalue weighted by Crippen LogP contribution is 2.16. The minimum Gasteiger partial charge on any atom is -0.338 e. The second-order valence-electron chi connectivity index (χ2n) is 5.02. The van der Waals surface area contributed by atoms with E-state index >= 15 is 0 Å². The van der Waals surface area contributed by atoms with Gasteiger partial charge in [0.1, 0.15) is 0 Å². The van der Waals surface area contributed by atoms with Crippen LogP contribution in [-0.4, -0.2) is 40.2 Å². The number of benzene rings is 1. The SMILES string of the molecule is CC(CN)N(C)C(=O)c1cnn(Cc2ccccc2Cl)c1. The molecule has 0 aliphatic heterocycles. The van der Waals surface area contributed by atoms with E-state index < -0.39 is 0 Å². The Morgan fingerprint density at radius 1 is 1.48 bits per heavy atom. The molecule has 1 unspecified atom stereocenters. The van der Waals surface area contributed by atoms with Gasteiger partial charge in [0.25, 0.3) is 5.91 Å². The lowest BCUT2D eigenvalue weighted by Crippen LogP contribution is -2.39. The van der Waals surface area contributed by atoms with Crippen molar-refractivity contribution in [1.29, 1.82) is 0 Å². The third-order valence-electron chi connectivity index (χ3n) is 3.49. The Kier molecular flexibility index (Phi) is 4.98. The summed E-state index contributed by atoms with van der Waals surface area (Å²) in [5.74, 6) is -0.0849. The van der Waals surface area contributed by atoms with Gasteiger partial charge in [-0.05, 0) is 18.6 Å². The molecular weight excluding hydrogens is 288 g/mol. The third-order valence-corrected chi connectivity index (χ3v) is 3.86. The Morgan fingerprint density at radius 2 is 2.19 bits per heavy atom. The molecule has 112 valence electrons. The predicted octanol–water partition coefficient (Wildman–Crippen LogP) is 2.00. The van der Waals surface area contributed by atoms with Crippen LogP contribution in [0.5, 0.6) is 0 Å². The summed E-state index contributed by atoms with van der Waals surface area (Å²) in [7, 11) is 1.74. The standard InChI is InChI=1S/C15H19ClN4O/c1-11(7-17)19(2)15(21)13-8-18-20(10-13)9-12-5-3-4-6-14(12)16/h3-6,8,10-11H,7,9,17H2,1-2H3. The van der Waals surface area contributed by atoms with Crippen LogP contribution in [0.3, 0.4) is 0 Å². The molecule has 0 saturated carbocycles. The van der Waals surface area contributed by atoms with Crippen LogP contribution in [-0.2, 0) is 6.54 Å². The maximum absolute atomic E-state index is 12.3. The summed E-state index contributed by atoms with van der Waals surface area (Å²) < 4.78 is 1.70. The third kappa shape index (κ3) is 3.62. The molecule has 5 nitrogen and oxygen atoms in total. The van der Waals surface area contributed by atoms with E-state index in [9.17, 15) is 4.79 Å². The number of nitrogens with zero attached hydrogens (tertiary/aromatic N) is 3. The van der Waals surface area contributed by atoms with Crippen molar-refractivity contribution in [1.82, 2.24) is 14.7 Å². The highest BCUT2D eigenvalue weighted by atomic mass is 35.5. The summed E-state index contributed by atoms with van der Waals surface area (Å²) in [5, 5.41) is 4.91. The van der Waals surface area contributed by atoms with E-state index in [1.165, 1.54) is 0 Å². The van der Waals surface area contributed by atoms with Crippen molar-refractivity contribution in [2.75, 3.05) is 13.6 Å². The van der Waals surface area contributed by atoms with Gasteiger partial charge in [-0.25, -0.2) is 0 Å². The Morgan fingerprint density at radius 3 is 2.86 bits per heavy atom. The zero-order valence-corrected chi connectivity index (χ0v) is 12.9. The van der Waals surface area contributed by atoms with Crippen molar-refractivity contribution < 1.29 is 4.79 Å². The molecule has 1 aromatic carbocycles. The molecule has 0 aliphatic carbocycles. The van der Waals surface area contributed by atoms with E-state index in [2.05, 4.69) is 5.10 Å². The highest BCUT2D eigenvalue weighted by Gasteiger charge is 2.18. The summed E-state index contributed by atoms with van der Waals surface area (Å²) in [6.07, 6.45) is 3.30. The molecule has 1 atom stereocenters. The first kappa shape index (κ1) is 15.5. The molecule has 1 amide bonds. The number of amides is 1. The van der Waals surface area contributed by atoms with Gasteiger partial charge in [0, 0.05) is 30.9 Å². The van der Waals surface area contributed by atoms with Gasteiger partial charge in [0.2, 0.25) is 0 Å². The molecule has 0 bridgehead atoms. The summed E-state index contributed by atoms with van der Waals surface area (Å²) in [4.78, 5) is 13.9. The van der Waals surface area contributed by atoms with Gasteiger partial charge < -0.3 is 10.6 Å². The lowest BCUT2D eigenvalue weighted by molar-refractivity contribution is 0.0748. The quantitative estimate of drug-likeness (QED) is 0.919. The van der Waals surface area contributed by atoms with E-state index in [1.54, 1.807) is 29.0 Å². The molecule has 0 spiro atoms. The lowest BCUT2D eigenvalue weighted by Gasteiger charge is -2.22. The van der Waals surface area contributed by atoms with Gasteiger partial charge in [-0.2, -0.15) is 5.10 Å². The van der Waals surface area contributed by atoms with Crippen LogP contribution in [0.25, 0.3) is 0 Å². The fraction of sp³-hybridized carbons (Fsp3) is 0.333. The van der Waals surface area contributed by atoms with Crippen molar-refractivity contribution >= 4 is 17.5 Å². The topological polar surface area (TPSA) is 64.2 Å². The summed E-state index contributed by atoms with van der Waals surface area (Å²) in [6, 6.07) is 7.57. The van der Waals surface area contributed by atoms with Crippen LogP contribution in [0.4, 0.5) is 0 Å². The van der Waals surface area contributed by atoms with Gasteiger partial charge in [-0.1, -0.05) is 29.8 Å². The largest absolute Gasteiger partial charge is 0.338 e. The fourth-order valence-electron chi connectivity index (χ4n) is 1.92. The van der Waals surface area contributed by atoms with Gasteiger partial charge in [0.15, 0.2) is 0 Å². The van der Waals surface area contributed by atoms with E-state index in [0.29, 0.717) is 23.7 Å². The van der Waals surface area contributed by atoms with Crippen LogP contribution in [0.1, 0.15) is 22.8 Å². The monoisotopic (exact) mass is 306 g/mol. The molecular formula is C15H19ClN4O. The lowest BCUT2D eigenvalue weighted by atomic mass is 10.2. The average Bonchev–Trinajstić information content (AvgIpc) is 2.95. The first-order valence-electron chi connectivity index (χ1n) is 6.76. The average molecular weight is 307 g/mol. The molecule has 0 fully saturated rings. The highest BCUT2D eigenvalue weighted by molar-refractivity contribution is 6.31. The number of halogens is 1.